The molecule has 0 N–H and O–H groups in total. The minimum Gasteiger partial charge on any atom is -0.375 e. The third-order valence-electron chi connectivity index (χ3n) is 2.94. The highest BCUT2D eigenvalue weighted by Crippen LogP contribution is 2.21. The third-order valence-corrected chi connectivity index (χ3v) is 2.94. The predicted octanol–water partition coefficient (Wildman–Crippen LogP) is 1.85. The minimum atomic E-state index is -0.541. The number of benzene rings is 1. The fourth-order valence-corrected chi connectivity index (χ4v) is 1.99. The van der Waals surface area contributed by atoms with Crippen molar-refractivity contribution in [2.75, 3.05) is 25.5 Å². The molecular weight excluding hydrogens is 263 g/mol. The standard InChI is InChI=1S/C13H15FN4O2/c1-16(2)12-4-3-10(7-11(12)14)8-17-6-5-15-13(17)9-18(19)20/h3-5,7,9H,6,8H2,1-2H3. The van der Waals surface area contributed by atoms with Crippen LogP contribution < -0.4 is 4.90 Å². The molecule has 6 nitrogen and oxygen atoms in total. The molecule has 0 radical (unpaired) electrons. The first-order chi connectivity index (χ1) is 9.47. The highest BCUT2D eigenvalue weighted by molar-refractivity contribution is 5.64. The molecule has 0 bridgehead atoms. The molecule has 0 fully saturated rings. The highest BCUT2D eigenvalue weighted by Gasteiger charge is 2.17. The van der Waals surface area contributed by atoms with Gasteiger partial charge in [-0.05, 0) is 17.7 Å². The Bertz CT molecular complexity index is 584. The van der Waals surface area contributed by atoms with Crippen molar-refractivity contribution in [3.05, 3.63) is 51.7 Å². The zero-order valence-electron chi connectivity index (χ0n) is 11.3. The maximum Gasteiger partial charge on any atom is 0.276 e. The number of nitrogens with zero attached hydrogens (tertiary/aromatic N) is 4. The smallest absolute Gasteiger partial charge is 0.276 e. The number of hydrogen-bond donors (Lipinski definition) is 0. The Morgan fingerprint density at radius 3 is 2.90 bits per heavy atom. The van der Waals surface area contributed by atoms with E-state index in [2.05, 4.69) is 4.99 Å². The molecule has 7 heteroatoms. The zero-order chi connectivity index (χ0) is 14.7. The first kappa shape index (κ1) is 14.0. The summed E-state index contributed by atoms with van der Waals surface area (Å²) >= 11 is 0. The van der Waals surface area contributed by atoms with Gasteiger partial charge in [-0.3, -0.25) is 10.1 Å². The number of rotatable bonds is 4. The number of aliphatic imine (C=N–C) groups is 1. The van der Waals surface area contributed by atoms with Crippen LogP contribution in [0.15, 0.2) is 35.2 Å². The monoisotopic (exact) mass is 278 g/mol. The van der Waals surface area contributed by atoms with Gasteiger partial charge in [-0.15, -0.1) is 0 Å². The van der Waals surface area contributed by atoms with Crippen molar-refractivity contribution in [1.29, 1.82) is 0 Å². The van der Waals surface area contributed by atoms with Crippen LogP contribution >= 0.6 is 0 Å². The molecule has 0 saturated carbocycles. The normalized spacial score (nSPS) is 15.9. The van der Waals surface area contributed by atoms with Crippen LogP contribution in [0.4, 0.5) is 10.1 Å². The summed E-state index contributed by atoms with van der Waals surface area (Å²) in [5.74, 6) is -0.0282. The lowest BCUT2D eigenvalue weighted by atomic mass is 10.1. The van der Waals surface area contributed by atoms with E-state index in [0.29, 0.717) is 18.8 Å². The fourth-order valence-electron chi connectivity index (χ4n) is 1.99. The van der Waals surface area contributed by atoms with Crippen LogP contribution in [0.25, 0.3) is 0 Å². The van der Waals surface area contributed by atoms with E-state index in [0.717, 1.165) is 11.8 Å². The molecule has 1 aliphatic heterocycles. The van der Waals surface area contributed by atoms with Crippen molar-refractivity contribution in [1.82, 2.24) is 4.90 Å². The van der Waals surface area contributed by atoms with E-state index >= 15 is 0 Å². The molecule has 0 atom stereocenters. The quantitative estimate of drug-likeness (QED) is 0.623. The van der Waals surface area contributed by atoms with Crippen LogP contribution in [0.2, 0.25) is 0 Å². The summed E-state index contributed by atoms with van der Waals surface area (Å²) in [6.45, 7) is 0.862. The number of hydrogen-bond acceptors (Lipinski definition) is 5. The van der Waals surface area contributed by atoms with Crippen molar-refractivity contribution in [2.24, 2.45) is 4.99 Å². The topological polar surface area (TPSA) is 62.0 Å². The Morgan fingerprint density at radius 2 is 2.30 bits per heavy atom. The predicted molar refractivity (Wildman–Crippen MR) is 74.7 cm³/mol. The van der Waals surface area contributed by atoms with Gasteiger partial charge in [0.25, 0.3) is 6.20 Å². The maximum atomic E-state index is 13.9. The van der Waals surface area contributed by atoms with Gasteiger partial charge in [-0.2, -0.15) is 0 Å². The largest absolute Gasteiger partial charge is 0.375 e. The van der Waals surface area contributed by atoms with E-state index in [9.17, 15) is 14.5 Å². The lowest BCUT2D eigenvalue weighted by Gasteiger charge is -2.18. The van der Waals surface area contributed by atoms with Crippen molar-refractivity contribution in [2.45, 2.75) is 6.54 Å². The van der Waals surface area contributed by atoms with Crippen LogP contribution in [0.5, 0.6) is 0 Å². The number of halogens is 1. The molecule has 0 aromatic heterocycles. The summed E-state index contributed by atoms with van der Waals surface area (Å²) in [5, 5.41) is 10.5. The first-order valence-electron chi connectivity index (χ1n) is 6.06. The van der Waals surface area contributed by atoms with E-state index in [1.54, 1.807) is 42.2 Å². The van der Waals surface area contributed by atoms with Gasteiger partial charge in [0.15, 0.2) is 5.82 Å². The van der Waals surface area contributed by atoms with Gasteiger partial charge in [0, 0.05) is 26.9 Å². The number of nitro groups is 1. The molecule has 1 aliphatic rings. The molecule has 106 valence electrons. The van der Waals surface area contributed by atoms with Crippen LogP contribution in [0.3, 0.4) is 0 Å². The SMILES string of the molecule is CN(C)c1ccc(CN2CC=NC2=C[N+](=O)[O-])cc1F. The Morgan fingerprint density at radius 1 is 1.55 bits per heavy atom. The van der Waals surface area contributed by atoms with Crippen LogP contribution in [-0.4, -0.2) is 36.7 Å². The molecule has 0 aliphatic carbocycles. The summed E-state index contributed by atoms with van der Waals surface area (Å²) in [5.41, 5.74) is 1.25. The maximum absolute atomic E-state index is 13.9. The van der Waals surface area contributed by atoms with E-state index in [-0.39, 0.29) is 11.6 Å². The molecule has 0 amide bonds. The summed E-state index contributed by atoms with van der Waals surface area (Å²) in [6, 6.07) is 4.94. The van der Waals surface area contributed by atoms with Crippen LogP contribution in [-0.2, 0) is 6.54 Å². The van der Waals surface area contributed by atoms with Gasteiger partial charge in [-0.25, -0.2) is 9.38 Å². The van der Waals surface area contributed by atoms with Crippen molar-refractivity contribution >= 4 is 11.9 Å². The molecule has 1 aromatic carbocycles. The fraction of sp³-hybridized carbons (Fsp3) is 0.308. The molecule has 1 heterocycles. The lowest BCUT2D eigenvalue weighted by Crippen LogP contribution is -2.20. The van der Waals surface area contributed by atoms with Crippen LogP contribution in [0, 0.1) is 15.9 Å². The molecular formula is C13H15FN4O2. The van der Waals surface area contributed by atoms with E-state index in [1.165, 1.54) is 6.07 Å². The molecule has 0 saturated heterocycles. The van der Waals surface area contributed by atoms with Crippen molar-refractivity contribution in [3.8, 4) is 0 Å². The Hall–Kier alpha value is -2.44. The van der Waals surface area contributed by atoms with Gasteiger partial charge < -0.3 is 9.80 Å². The molecule has 1 aromatic rings. The zero-order valence-corrected chi connectivity index (χ0v) is 11.3. The summed E-state index contributed by atoms with van der Waals surface area (Å²) in [6.07, 6.45) is 2.45. The Labute approximate surface area is 116 Å². The van der Waals surface area contributed by atoms with Crippen LogP contribution in [0.1, 0.15) is 5.56 Å². The Balaban J connectivity index is 2.15. The average Bonchev–Trinajstić information content (AvgIpc) is 2.75. The van der Waals surface area contributed by atoms with E-state index in [4.69, 9.17) is 0 Å². The van der Waals surface area contributed by atoms with Gasteiger partial charge in [0.1, 0.15) is 5.82 Å². The third kappa shape index (κ3) is 3.11. The molecule has 2 rings (SSSR count). The second kappa shape index (κ2) is 5.68. The highest BCUT2D eigenvalue weighted by atomic mass is 19.1. The minimum absolute atomic E-state index is 0.284. The van der Waals surface area contributed by atoms with Gasteiger partial charge >= 0.3 is 0 Å². The van der Waals surface area contributed by atoms with E-state index < -0.39 is 4.92 Å². The number of anilines is 1. The second-order valence-electron chi connectivity index (χ2n) is 4.65. The Kier molecular flexibility index (Phi) is 3.97. The second-order valence-corrected chi connectivity index (χ2v) is 4.65. The van der Waals surface area contributed by atoms with Crippen molar-refractivity contribution < 1.29 is 9.31 Å². The average molecular weight is 278 g/mol. The summed E-state index contributed by atoms with van der Waals surface area (Å²) in [4.78, 5) is 17.3. The van der Waals surface area contributed by atoms with Gasteiger partial charge in [0.05, 0.1) is 17.2 Å². The lowest BCUT2D eigenvalue weighted by molar-refractivity contribution is -0.404. The molecule has 0 unspecified atom stereocenters. The molecule has 20 heavy (non-hydrogen) atoms. The van der Waals surface area contributed by atoms with E-state index in [1.807, 2.05) is 0 Å². The first-order valence-corrected chi connectivity index (χ1v) is 6.06. The summed E-state index contributed by atoms with van der Waals surface area (Å²) in [7, 11) is 3.54. The summed E-state index contributed by atoms with van der Waals surface area (Å²) < 4.78 is 13.9. The van der Waals surface area contributed by atoms with Crippen molar-refractivity contribution in [3.63, 3.8) is 0 Å². The van der Waals surface area contributed by atoms with Gasteiger partial charge in [-0.1, -0.05) is 6.07 Å². The molecule has 0 spiro atoms. The van der Waals surface area contributed by atoms with Gasteiger partial charge in [0.2, 0.25) is 0 Å².